The Morgan fingerprint density at radius 1 is 1.47 bits per heavy atom. The smallest absolute Gasteiger partial charge is 0.150 e. The Kier molecular flexibility index (Phi) is 5.08. The lowest BCUT2D eigenvalue weighted by Crippen LogP contribution is -2.15. The summed E-state index contributed by atoms with van der Waals surface area (Å²) in [5, 5.41) is 0. The lowest BCUT2D eigenvalue weighted by Gasteiger charge is -2.13. The summed E-state index contributed by atoms with van der Waals surface area (Å²) in [7, 11) is -2.88. The van der Waals surface area contributed by atoms with E-state index in [2.05, 4.69) is 4.98 Å². The van der Waals surface area contributed by atoms with Gasteiger partial charge in [0.2, 0.25) is 0 Å². The maximum atomic E-state index is 11.3. The molecule has 0 aromatic carbocycles. The molecule has 0 radical (unpaired) electrons. The molecular weight excluding hydrogens is 236 g/mol. The van der Waals surface area contributed by atoms with Gasteiger partial charge in [-0.3, -0.25) is 4.98 Å². The molecule has 0 amide bonds. The van der Waals surface area contributed by atoms with Crippen molar-refractivity contribution in [2.75, 3.05) is 11.5 Å². The van der Waals surface area contributed by atoms with Crippen molar-refractivity contribution >= 4 is 9.84 Å². The third-order valence-electron chi connectivity index (χ3n) is 2.89. The first-order valence-electron chi connectivity index (χ1n) is 5.83. The molecule has 2 N–H and O–H groups in total. The summed E-state index contributed by atoms with van der Waals surface area (Å²) in [5.41, 5.74) is 8.14. The SMILES string of the molecule is CCS(=O)(=O)CCCC(N)c1cnccc1C. The van der Waals surface area contributed by atoms with Crippen LogP contribution in [0.5, 0.6) is 0 Å². The fraction of sp³-hybridized carbons (Fsp3) is 0.583. The molecule has 5 heteroatoms. The minimum atomic E-state index is -2.88. The molecular formula is C12H20N2O2S. The van der Waals surface area contributed by atoms with E-state index in [-0.39, 0.29) is 17.5 Å². The van der Waals surface area contributed by atoms with E-state index >= 15 is 0 Å². The number of nitrogens with two attached hydrogens (primary N) is 1. The molecule has 0 saturated heterocycles. The van der Waals surface area contributed by atoms with Crippen LogP contribution in [0.25, 0.3) is 0 Å². The van der Waals surface area contributed by atoms with E-state index in [4.69, 9.17) is 5.73 Å². The van der Waals surface area contributed by atoms with Crippen LogP contribution in [-0.4, -0.2) is 24.9 Å². The highest BCUT2D eigenvalue weighted by molar-refractivity contribution is 7.91. The highest BCUT2D eigenvalue weighted by Gasteiger charge is 2.12. The zero-order chi connectivity index (χ0) is 12.9. The second-order valence-corrected chi connectivity index (χ2v) is 6.69. The summed E-state index contributed by atoms with van der Waals surface area (Å²) in [5.74, 6) is 0.421. The Bertz CT molecular complexity index is 457. The minimum Gasteiger partial charge on any atom is -0.324 e. The fourth-order valence-corrected chi connectivity index (χ4v) is 2.58. The second-order valence-electron chi connectivity index (χ2n) is 4.22. The summed E-state index contributed by atoms with van der Waals surface area (Å²) in [6.45, 7) is 3.65. The number of pyridine rings is 1. The molecule has 4 nitrogen and oxygen atoms in total. The van der Waals surface area contributed by atoms with E-state index in [9.17, 15) is 8.42 Å². The quantitative estimate of drug-likeness (QED) is 0.839. The highest BCUT2D eigenvalue weighted by Crippen LogP contribution is 2.18. The third-order valence-corrected chi connectivity index (χ3v) is 4.68. The van der Waals surface area contributed by atoms with Crippen molar-refractivity contribution in [2.24, 2.45) is 5.73 Å². The van der Waals surface area contributed by atoms with Crippen LogP contribution in [0.1, 0.15) is 36.9 Å². The van der Waals surface area contributed by atoms with Crippen molar-refractivity contribution in [3.63, 3.8) is 0 Å². The maximum Gasteiger partial charge on any atom is 0.150 e. The van der Waals surface area contributed by atoms with Gasteiger partial charge in [-0.15, -0.1) is 0 Å². The van der Waals surface area contributed by atoms with Crippen LogP contribution in [-0.2, 0) is 9.84 Å². The normalized spacial score (nSPS) is 13.6. The van der Waals surface area contributed by atoms with Gasteiger partial charge in [0.05, 0.1) is 5.75 Å². The molecule has 0 aliphatic rings. The Hall–Kier alpha value is -0.940. The molecule has 0 fully saturated rings. The summed E-state index contributed by atoms with van der Waals surface area (Å²) >= 11 is 0. The van der Waals surface area contributed by atoms with E-state index in [1.165, 1.54) is 0 Å². The van der Waals surface area contributed by atoms with E-state index < -0.39 is 9.84 Å². The van der Waals surface area contributed by atoms with Gasteiger partial charge in [0.25, 0.3) is 0 Å². The number of hydrogen-bond acceptors (Lipinski definition) is 4. The molecule has 96 valence electrons. The predicted octanol–water partition coefficient (Wildman–Crippen LogP) is 1.60. The standard InChI is InChI=1S/C12H20N2O2S/c1-3-17(15,16)8-4-5-12(13)11-9-14-7-6-10(11)2/h6-7,9,12H,3-5,8,13H2,1-2H3. The van der Waals surface area contributed by atoms with Gasteiger partial charge in [0.15, 0.2) is 0 Å². The topological polar surface area (TPSA) is 73.0 Å². The van der Waals surface area contributed by atoms with Crippen LogP contribution < -0.4 is 5.73 Å². The number of hydrogen-bond donors (Lipinski definition) is 1. The fourth-order valence-electron chi connectivity index (χ4n) is 1.69. The lowest BCUT2D eigenvalue weighted by atomic mass is 10.0. The molecule has 0 aliphatic carbocycles. The molecule has 1 heterocycles. The van der Waals surface area contributed by atoms with Crippen LogP contribution in [0, 0.1) is 6.92 Å². The molecule has 17 heavy (non-hydrogen) atoms. The number of aromatic nitrogens is 1. The lowest BCUT2D eigenvalue weighted by molar-refractivity contribution is 0.583. The van der Waals surface area contributed by atoms with Crippen LogP contribution in [0.3, 0.4) is 0 Å². The van der Waals surface area contributed by atoms with E-state index in [1.807, 2.05) is 13.0 Å². The Morgan fingerprint density at radius 3 is 2.76 bits per heavy atom. The summed E-state index contributed by atoms with van der Waals surface area (Å²) < 4.78 is 22.7. The first-order valence-corrected chi connectivity index (χ1v) is 7.65. The van der Waals surface area contributed by atoms with Crippen molar-refractivity contribution in [2.45, 2.75) is 32.7 Å². The Morgan fingerprint density at radius 2 is 2.18 bits per heavy atom. The molecule has 0 aliphatic heterocycles. The monoisotopic (exact) mass is 256 g/mol. The number of sulfone groups is 1. The van der Waals surface area contributed by atoms with Crippen LogP contribution in [0.15, 0.2) is 18.5 Å². The van der Waals surface area contributed by atoms with Gasteiger partial charge in [0, 0.05) is 24.2 Å². The van der Waals surface area contributed by atoms with E-state index in [0.29, 0.717) is 12.8 Å². The minimum absolute atomic E-state index is 0.129. The van der Waals surface area contributed by atoms with Crippen molar-refractivity contribution in [1.29, 1.82) is 0 Å². The van der Waals surface area contributed by atoms with Crippen molar-refractivity contribution in [3.05, 3.63) is 29.6 Å². The summed E-state index contributed by atoms with van der Waals surface area (Å²) in [6, 6.07) is 1.79. The number of aryl methyl sites for hydroxylation is 1. The molecule has 0 bridgehead atoms. The van der Waals surface area contributed by atoms with Gasteiger partial charge in [-0.25, -0.2) is 8.42 Å². The van der Waals surface area contributed by atoms with Gasteiger partial charge in [-0.1, -0.05) is 6.92 Å². The molecule has 0 spiro atoms. The zero-order valence-corrected chi connectivity index (χ0v) is 11.2. The largest absolute Gasteiger partial charge is 0.324 e. The Labute approximate surface area is 103 Å². The second kappa shape index (κ2) is 6.12. The van der Waals surface area contributed by atoms with Gasteiger partial charge in [-0.2, -0.15) is 0 Å². The van der Waals surface area contributed by atoms with Gasteiger partial charge in [0.1, 0.15) is 9.84 Å². The molecule has 1 atom stereocenters. The molecule has 1 unspecified atom stereocenters. The molecule has 0 saturated carbocycles. The maximum absolute atomic E-state index is 11.3. The van der Waals surface area contributed by atoms with Crippen LogP contribution >= 0.6 is 0 Å². The Balaban J connectivity index is 2.51. The van der Waals surface area contributed by atoms with Crippen molar-refractivity contribution in [1.82, 2.24) is 4.98 Å². The van der Waals surface area contributed by atoms with Crippen molar-refractivity contribution in [3.8, 4) is 0 Å². The summed E-state index contributed by atoms with van der Waals surface area (Å²) in [6.07, 6.45) is 4.76. The average Bonchev–Trinajstić information content (AvgIpc) is 2.29. The average molecular weight is 256 g/mol. The zero-order valence-electron chi connectivity index (χ0n) is 10.4. The molecule has 1 rings (SSSR count). The highest BCUT2D eigenvalue weighted by atomic mass is 32.2. The first kappa shape index (κ1) is 14.1. The van der Waals surface area contributed by atoms with Gasteiger partial charge >= 0.3 is 0 Å². The van der Waals surface area contributed by atoms with Gasteiger partial charge in [-0.05, 0) is 37.0 Å². The predicted molar refractivity (Wildman–Crippen MR) is 69.5 cm³/mol. The van der Waals surface area contributed by atoms with E-state index in [1.54, 1.807) is 19.3 Å². The van der Waals surface area contributed by atoms with Crippen LogP contribution in [0.4, 0.5) is 0 Å². The first-order chi connectivity index (χ1) is 7.96. The number of rotatable bonds is 6. The van der Waals surface area contributed by atoms with Gasteiger partial charge < -0.3 is 5.73 Å². The third kappa shape index (κ3) is 4.44. The molecule has 1 aromatic heterocycles. The van der Waals surface area contributed by atoms with Crippen LogP contribution in [0.2, 0.25) is 0 Å². The van der Waals surface area contributed by atoms with Crippen molar-refractivity contribution < 1.29 is 8.42 Å². The molecule has 1 aromatic rings. The number of nitrogens with zero attached hydrogens (tertiary/aromatic N) is 1. The summed E-state index contributed by atoms with van der Waals surface area (Å²) in [4.78, 5) is 4.04. The van der Waals surface area contributed by atoms with E-state index in [0.717, 1.165) is 11.1 Å².